The largest absolute Gasteiger partial charge is 0.478 e. The van der Waals surface area contributed by atoms with Crippen molar-refractivity contribution in [3.63, 3.8) is 0 Å². The van der Waals surface area contributed by atoms with E-state index in [1.807, 2.05) is 6.07 Å². The van der Waals surface area contributed by atoms with Crippen molar-refractivity contribution in [1.82, 2.24) is 15.2 Å². The van der Waals surface area contributed by atoms with Crippen molar-refractivity contribution in [3.8, 4) is 0 Å². The predicted molar refractivity (Wildman–Crippen MR) is 146 cm³/mol. The minimum Gasteiger partial charge on any atom is -0.478 e. The molecule has 3 N–H and O–H groups in total. The van der Waals surface area contributed by atoms with Crippen LogP contribution in [0.2, 0.25) is 5.02 Å². The number of carbonyl (C=O) groups excluding carboxylic acids is 1. The van der Waals surface area contributed by atoms with Gasteiger partial charge in [0.05, 0.1) is 11.2 Å². The number of hydrogen-bond acceptors (Lipinski definition) is 5. The van der Waals surface area contributed by atoms with Gasteiger partial charge in [-0.3, -0.25) is 14.7 Å². The molecule has 188 valence electrons. The summed E-state index contributed by atoms with van der Waals surface area (Å²) in [4.78, 5) is 31.3. The van der Waals surface area contributed by atoms with Gasteiger partial charge in [-0.2, -0.15) is 0 Å². The summed E-state index contributed by atoms with van der Waals surface area (Å²) in [5.41, 5.74) is 3.59. The van der Waals surface area contributed by atoms with Crippen LogP contribution in [0.5, 0.6) is 0 Å². The van der Waals surface area contributed by atoms with Gasteiger partial charge in [-0.05, 0) is 60.9 Å². The monoisotopic (exact) mass is 514 g/mol. The molecule has 4 aromatic rings. The molecule has 0 aliphatic carbocycles. The van der Waals surface area contributed by atoms with E-state index in [0.29, 0.717) is 32.9 Å². The van der Waals surface area contributed by atoms with Crippen molar-refractivity contribution in [3.05, 3.63) is 101 Å². The van der Waals surface area contributed by atoms with Crippen LogP contribution in [0.1, 0.15) is 39.1 Å². The second kappa shape index (κ2) is 11.0. The third kappa shape index (κ3) is 5.90. The van der Waals surface area contributed by atoms with Crippen molar-refractivity contribution < 1.29 is 14.7 Å². The fraction of sp³-hybridized carbons (Fsp3) is 0.207. The summed E-state index contributed by atoms with van der Waals surface area (Å²) >= 11 is 6.07. The van der Waals surface area contributed by atoms with Crippen LogP contribution in [-0.4, -0.2) is 46.0 Å². The summed E-state index contributed by atoms with van der Waals surface area (Å²) < 4.78 is 0. The maximum atomic E-state index is 12.9. The number of benzene rings is 3. The molecule has 37 heavy (non-hydrogen) atoms. The van der Waals surface area contributed by atoms with Crippen molar-refractivity contribution >= 4 is 45.8 Å². The Morgan fingerprint density at radius 3 is 2.43 bits per heavy atom. The average Bonchev–Trinajstić information content (AvgIpc) is 2.90. The molecule has 1 aromatic heterocycles. The first-order chi connectivity index (χ1) is 18.0. The lowest BCUT2D eigenvalue weighted by molar-refractivity contribution is 0.0697. The number of anilines is 2. The lowest BCUT2D eigenvalue weighted by atomic mass is 10.0. The van der Waals surface area contributed by atoms with Gasteiger partial charge in [-0.1, -0.05) is 41.9 Å². The van der Waals surface area contributed by atoms with E-state index in [2.05, 4.69) is 44.8 Å². The number of aromatic carboxylic acids is 1. The molecule has 1 aliphatic heterocycles. The van der Waals surface area contributed by atoms with Crippen molar-refractivity contribution in [2.24, 2.45) is 0 Å². The number of nitrogens with one attached hydrogen (secondary N) is 2. The van der Waals surface area contributed by atoms with E-state index in [1.54, 1.807) is 42.5 Å². The Kier molecular flexibility index (Phi) is 7.35. The lowest BCUT2D eigenvalue weighted by Crippen LogP contribution is -2.44. The van der Waals surface area contributed by atoms with Crippen LogP contribution in [0.25, 0.3) is 10.9 Å². The summed E-state index contributed by atoms with van der Waals surface area (Å²) in [5, 5.41) is 17.2. The van der Waals surface area contributed by atoms with E-state index in [-0.39, 0.29) is 17.5 Å². The summed E-state index contributed by atoms with van der Waals surface area (Å²) in [6.07, 6.45) is 3.14. The highest BCUT2D eigenvalue weighted by Gasteiger charge is 2.21. The molecule has 1 fully saturated rings. The van der Waals surface area contributed by atoms with Gasteiger partial charge in [0.1, 0.15) is 5.56 Å². The molecule has 7 nitrogen and oxygen atoms in total. The zero-order valence-electron chi connectivity index (χ0n) is 20.2. The molecule has 5 rings (SSSR count). The quantitative estimate of drug-likeness (QED) is 0.292. The van der Waals surface area contributed by atoms with Crippen LogP contribution >= 0.6 is 11.6 Å². The molecule has 1 amide bonds. The summed E-state index contributed by atoms with van der Waals surface area (Å²) in [7, 11) is 0. The number of likely N-dealkylation sites (tertiary alicyclic amines) is 1. The Labute approximate surface area is 220 Å². The SMILES string of the molecule is O=C(NC1CCN(Cc2ccccc2)CC1)c1ccc(Nc2c(C(=O)O)cnc3cc(Cl)ccc23)cc1. The number of nitrogens with zero attached hydrogens (tertiary/aromatic N) is 2. The molecule has 1 aliphatic rings. The fourth-order valence-electron chi connectivity index (χ4n) is 4.66. The maximum absolute atomic E-state index is 12.9. The summed E-state index contributed by atoms with van der Waals surface area (Å²) in [6, 6.07) is 22.7. The number of amides is 1. The molecule has 0 unspecified atom stereocenters. The third-order valence-corrected chi connectivity index (χ3v) is 6.88. The highest BCUT2D eigenvalue weighted by Crippen LogP contribution is 2.31. The number of fused-ring (bicyclic) bond motifs is 1. The van der Waals surface area contributed by atoms with Gasteiger partial charge >= 0.3 is 5.97 Å². The lowest BCUT2D eigenvalue weighted by Gasteiger charge is -2.32. The number of piperidine rings is 1. The number of carboxylic acid groups (broad SMARTS) is 1. The fourth-order valence-corrected chi connectivity index (χ4v) is 4.82. The van der Waals surface area contributed by atoms with Gasteiger partial charge in [0.2, 0.25) is 0 Å². The number of pyridine rings is 1. The molecule has 0 radical (unpaired) electrons. The van der Waals surface area contributed by atoms with Gasteiger partial charge < -0.3 is 15.7 Å². The standard InChI is InChI=1S/C29H27ClN4O3/c30-21-8-11-24-26(16-21)31-17-25(29(36)37)27(24)32-22-9-6-20(7-10-22)28(35)33-23-12-14-34(15-13-23)18-19-4-2-1-3-5-19/h1-11,16-17,23H,12-15,18H2,(H,31,32)(H,33,35)(H,36,37). The number of aromatic nitrogens is 1. The molecule has 8 heteroatoms. The Morgan fingerprint density at radius 2 is 1.73 bits per heavy atom. The van der Waals surface area contributed by atoms with Crippen LogP contribution in [-0.2, 0) is 6.54 Å². The average molecular weight is 515 g/mol. The molecule has 2 heterocycles. The zero-order valence-corrected chi connectivity index (χ0v) is 20.9. The molecule has 3 aromatic carbocycles. The highest BCUT2D eigenvalue weighted by molar-refractivity contribution is 6.31. The van der Waals surface area contributed by atoms with Gasteiger partial charge in [-0.25, -0.2) is 4.79 Å². The van der Waals surface area contributed by atoms with Gasteiger partial charge in [0.15, 0.2) is 0 Å². The number of halogens is 1. The number of carboxylic acids is 1. The first-order valence-corrected chi connectivity index (χ1v) is 12.6. The first kappa shape index (κ1) is 24.7. The molecule has 0 spiro atoms. The number of carbonyl (C=O) groups is 2. The van der Waals surface area contributed by atoms with E-state index in [4.69, 9.17) is 11.6 Å². The topological polar surface area (TPSA) is 94.6 Å². The van der Waals surface area contributed by atoms with Gasteiger partial charge in [-0.15, -0.1) is 0 Å². The Morgan fingerprint density at radius 1 is 1.00 bits per heavy atom. The highest BCUT2D eigenvalue weighted by atomic mass is 35.5. The third-order valence-electron chi connectivity index (χ3n) is 6.65. The van der Waals surface area contributed by atoms with E-state index < -0.39 is 5.97 Å². The van der Waals surface area contributed by atoms with Crippen molar-refractivity contribution in [2.45, 2.75) is 25.4 Å². The molecule has 0 saturated carbocycles. The van der Waals surface area contributed by atoms with Crippen molar-refractivity contribution in [2.75, 3.05) is 18.4 Å². The van der Waals surface area contributed by atoms with Crippen molar-refractivity contribution in [1.29, 1.82) is 0 Å². The molecule has 0 bridgehead atoms. The molecule has 0 atom stereocenters. The Hall–Kier alpha value is -3.94. The van der Waals surface area contributed by atoms with E-state index >= 15 is 0 Å². The number of rotatable bonds is 7. The second-order valence-corrected chi connectivity index (χ2v) is 9.66. The van der Waals surface area contributed by atoms with Crippen LogP contribution in [0.4, 0.5) is 11.4 Å². The predicted octanol–water partition coefficient (Wildman–Crippen LogP) is 5.72. The second-order valence-electron chi connectivity index (χ2n) is 9.23. The van der Waals surface area contributed by atoms with Crippen LogP contribution in [0.3, 0.4) is 0 Å². The molecular weight excluding hydrogens is 488 g/mol. The van der Waals surface area contributed by atoms with Gasteiger partial charge in [0, 0.05) is 53.5 Å². The van der Waals surface area contributed by atoms with Crippen LogP contribution in [0.15, 0.2) is 79.0 Å². The maximum Gasteiger partial charge on any atom is 0.339 e. The summed E-state index contributed by atoms with van der Waals surface area (Å²) in [5.74, 6) is -1.19. The minimum atomic E-state index is -1.09. The number of hydrogen-bond donors (Lipinski definition) is 3. The van der Waals surface area contributed by atoms with E-state index in [1.165, 1.54) is 11.8 Å². The zero-order chi connectivity index (χ0) is 25.8. The van der Waals surface area contributed by atoms with Gasteiger partial charge in [0.25, 0.3) is 5.91 Å². The van der Waals surface area contributed by atoms with Crippen LogP contribution < -0.4 is 10.6 Å². The first-order valence-electron chi connectivity index (χ1n) is 12.2. The molecular formula is C29H27ClN4O3. The minimum absolute atomic E-state index is 0.0512. The normalized spacial score (nSPS) is 14.4. The smallest absolute Gasteiger partial charge is 0.339 e. The van der Waals surface area contributed by atoms with E-state index in [9.17, 15) is 14.7 Å². The Balaban J connectivity index is 1.22. The van der Waals surface area contributed by atoms with E-state index in [0.717, 1.165) is 32.5 Å². The molecule has 1 saturated heterocycles. The summed E-state index contributed by atoms with van der Waals surface area (Å²) in [6.45, 7) is 2.82. The Bertz CT molecular complexity index is 1420. The van der Waals surface area contributed by atoms with Crippen LogP contribution in [0, 0.1) is 0 Å².